The van der Waals surface area contributed by atoms with Crippen LogP contribution in [0.15, 0.2) is 53.5 Å². The van der Waals surface area contributed by atoms with Gasteiger partial charge in [-0.3, -0.25) is 14.8 Å². The monoisotopic (exact) mass is 423 g/mol. The summed E-state index contributed by atoms with van der Waals surface area (Å²) in [6, 6.07) is 12.8. The molecule has 0 spiro atoms. The molecule has 2 aromatic carbocycles. The number of hydrogen-bond acceptors (Lipinski definition) is 4. The van der Waals surface area contributed by atoms with E-state index in [1.54, 1.807) is 19.2 Å². The Morgan fingerprint density at radius 1 is 1.19 bits per heavy atom. The molecule has 1 amide bonds. The van der Waals surface area contributed by atoms with Crippen LogP contribution in [-0.2, 0) is 13.1 Å². The van der Waals surface area contributed by atoms with Crippen LogP contribution >= 0.6 is 0 Å². The number of guanidine groups is 1. The highest BCUT2D eigenvalue weighted by molar-refractivity contribution is 6.10. The number of anilines is 1. The highest BCUT2D eigenvalue weighted by atomic mass is 19.1. The van der Waals surface area contributed by atoms with Crippen molar-refractivity contribution < 1.29 is 13.9 Å². The molecule has 162 valence electrons. The Balaban J connectivity index is 1.88. The summed E-state index contributed by atoms with van der Waals surface area (Å²) in [6.07, 6.45) is 0. The molecule has 3 aromatic rings. The highest BCUT2D eigenvalue weighted by Gasteiger charge is 2.13. The average Bonchev–Trinajstić information content (AvgIpc) is 3.04. The van der Waals surface area contributed by atoms with Gasteiger partial charge in [0.15, 0.2) is 0 Å². The number of halogens is 1. The van der Waals surface area contributed by atoms with Crippen molar-refractivity contribution in [1.29, 1.82) is 0 Å². The molecule has 0 atom stereocenters. The third kappa shape index (κ3) is 5.48. The molecule has 1 aromatic heterocycles. The predicted molar refractivity (Wildman–Crippen MR) is 119 cm³/mol. The van der Waals surface area contributed by atoms with Crippen molar-refractivity contribution in [2.45, 2.75) is 33.9 Å². The van der Waals surface area contributed by atoms with Gasteiger partial charge in [-0.15, -0.1) is 0 Å². The second kappa shape index (κ2) is 9.88. The number of hydrogen-bond donors (Lipinski definition) is 2. The third-order valence-electron chi connectivity index (χ3n) is 4.88. The maximum Gasteiger partial charge on any atom is 0.258 e. The molecule has 0 aliphatic rings. The van der Waals surface area contributed by atoms with Gasteiger partial charge in [-0.05, 0) is 51.1 Å². The summed E-state index contributed by atoms with van der Waals surface area (Å²) in [5.41, 5.74) is 3.80. The molecule has 0 saturated heterocycles. The van der Waals surface area contributed by atoms with Gasteiger partial charge in [0.2, 0.25) is 5.96 Å². The number of ether oxygens (including phenoxy) is 1. The molecule has 3 rings (SSSR count). The summed E-state index contributed by atoms with van der Waals surface area (Å²) in [6.45, 7) is 7.05. The minimum absolute atomic E-state index is 0.200. The maximum atomic E-state index is 13.5. The van der Waals surface area contributed by atoms with E-state index in [2.05, 4.69) is 20.7 Å². The average molecular weight is 423 g/mol. The Morgan fingerprint density at radius 2 is 1.97 bits per heavy atom. The number of amides is 1. The summed E-state index contributed by atoms with van der Waals surface area (Å²) < 4.78 is 20.7. The molecular weight excluding hydrogens is 397 g/mol. The standard InChI is InChI=1S/C23H26FN5O2/c1-5-29-16(3)21(15(2)28-29)14-25-23(26-19-10-7-11-20(13-19)31-4)27-22(30)17-8-6-9-18(24)12-17/h6-13H,5,14H2,1-4H3,(H2,25,26,27,30). The fourth-order valence-corrected chi connectivity index (χ4v) is 3.19. The van der Waals surface area contributed by atoms with Gasteiger partial charge in [0.1, 0.15) is 11.6 Å². The van der Waals surface area contributed by atoms with Gasteiger partial charge in [-0.25, -0.2) is 9.38 Å². The van der Waals surface area contributed by atoms with Crippen LogP contribution in [0.5, 0.6) is 5.75 Å². The van der Waals surface area contributed by atoms with E-state index in [4.69, 9.17) is 4.74 Å². The van der Waals surface area contributed by atoms with Crippen molar-refractivity contribution in [2.24, 2.45) is 4.99 Å². The number of aromatic nitrogens is 2. The number of benzene rings is 2. The molecule has 0 unspecified atom stereocenters. The zero-order valence-corrected chi connectivity index (χ0v) is 18.1. The van der Waals surface area contributed by atoms with Crippen molar-refractivity contribution in [1.82, 2.24) is 15.1 Å². The second-order valence-electron chi connectivity index (χ2n) is 6.95. The summed E-state index contributed by atoms with van der Waals surface area (Å²) in [5, 5.41) is 10.4. The van der Waals surface area contributed by atoms with E-state index in [9.17, 15) is 9.18 Å². The van der Waals surface area contributed by atoms with E-state index >= 15 is 0 Å². The van der Waals surface area contributed by atoms with Gasteiger partial charge in [0.05, 0.1) is 19.3 Å². The van der Waals surface area contributed by atoms with Crippen LogP contribution in [-0.4, -0.2) is 28.8 Å². The first-order chi connectivity index (χ1) is 14.9. The quantitative estimate of drug-likeness (QED) is 0.463. The molecule has 31 heavy (non-hydrogen) atoms. The number of carbonyl (C=O) groups excluding carboxylic acids is 1. The molecule has 0 bridgehead atoms. The van der Waals surface area contributed by atoms with E-state index in [1.165, 1.54) is 18.2 Å². The van der Waals surface area contributed by atoms with E-state index in [-0.39, 0.29) is 11.5 Å². The van der Waals surface area contributed by atoms with Gasteiger partial charge >= 0.3 is 0 Å². The lowest BCUT2D eigenvalue weighted by atomic mass is 10.2. The summed E-state index contributed by atoms with van der Waals surface area (Å²) >= 11 is 0. The lowest BCUT2D eigenvalue weighted by molar-refractivity contribution is 0.0976. The van der Waals surface area contributed by atoms with Crippen molar-refractivity contribution in [3.63, 3.8) is 0 Å². The topological polar surface area (TPSA) is 80.5 Å². The Morgan fingerprint density at radius 3 is 2.65 bits per heavy atom. The van der Waals surface area contributed by atoms with Crippen LogP contribution in [0.25, 0.3) is 0 Å². The molecular formula is C23H26FN5O2. The van der Waals surface area contributed by atoms with E-state index < -0.39 is 11.7 Å². The molecule has 0 aliphatic carbocycles. The van der Waals surface area contributed by atoms with Crippen LogP contribution < -0.4 is 15.4 Å². The van der Waals surface area contributed by atoms with Crippen LogP contribution in [0.3, 0.4) is 0 Å². The molecule has 0 radical (unpaired) electrons. The molecule has 0 fully saturated rings. The highest BCUT2D eigenvalue weighted by Crippen LogP contribution is 2.18. The molecule has 8 heteroatoms. The number of nitrogens with one attached hydrogen (secondary N) is 2. The number of aliphatic imine (C=N–C) groups is 1. The predicted octanol–water partition coefficient (Wildman–Crippen LogP) is 4.07. The van der Waals surface area contributed by atoms with Crippen LogP contribution in [0, 0.1) is 19.7 Å². The Bertz CT molecular complexity index is 1110. The normalized spacial score (nSPS) is 11.3. The van der Waals surface area contributed by atoms with Crippen molar-refractivity contribution in [3.05, 3.63) is 76.9 Å². The molecule has 1 heterocycles. The van der Waals surface area contributed by atoms with Crippen LogP contribution in [0.2, 0.25) is 0 Å². The smallest absolute Gasteiger partial charge is 0.258 e. The molecule has 2 N–H and O–H groups in total. The number of nitrogens with zero attached hydrogens (tertiary/aromatic N) is 3. The summed E-state index contributed by atoms with van der Waals surface area (Å²) in [7, 11) is 1.58. The second-order valence-corrected chi connectivity index (χ2v) is 6.95. The number of rotatable bonds is 6. The lowest BCUT2D eigenvalue weighted by Crippen LogP contribution is -2.36. The largest absolute Gasteiger partial charge is 0.497 e. The summed E-state index contributed by atoms with van der Waals surface area (Å²) in [5.74, 6) is -0.0428. The van der Waals surface area contributed by atoms with E-state index in [1.807, 2.05) is 43.7 Å². The van der Waals surface area contributed by atoms with Crippen LogP contribution in [0.1, 0.15) is 34.2 Å². The SMILES string of the molecule is CCn1nc(C)c(CN=C(NC(=O)c2cccc(F)c2)Nc2cccc(OC)c2)c1C. The number of methoxy groups -OCH3 is 1. The fraction of sp³-hybridized carbons (Fsp3) is 0.261. The van der Waals surface area contributed by atoms with Crippen molar-refractivity contribution in [2.75, 3.05) is 12.4 Å². The molecule has 7 nitrogen and oxygen atoms in total. The van der Waals surface area contributed by atoms with Gasteiger partial charge in [0, 0.05) is 35.1 Å². The van der Waals surface area contributed by atoms with Gasteiger partial charge < -0.3 is 10.1 Å². The van der Waals surface area contributed by atoms with Gasteiger partial charge in [-0.2, -0.15) is 5.10 Å². The maximum absolute atomic E-state index is 13.5. The van der Waals surface area contributed by atoms with Gasteiger partial charge in [-0.1, -0.05) is 12.1 Å². The lowest BCUT2D eigenvalue weighted by Gasteiger charge is -2.13. The summed E-state index contributed by atoms with van der Waals surface area (Å²) in [4.78, 5) is 17.3. The van der Waals surface area contributed by atoms with Crippen LogP contribution in [0.4, 0.5) is 10.1 Å². The zero-order chi connectivity index (χ0) is 22.4. The Kier molecular flexibility index (Phi) is 7.02. The Labute approximate surface area is 181 Å². The Hall–Kier alpha value is -3.68. The minimum Gasteiger partial charge on any atom is -0.497 e. The van der Waals surface area contributed by atoms with Crippen molar-refractivity contribution in [3.8, 4) is 5.75 Å². The first-order valence-electron chi connectivity index (χ1n) is 9.96. The number of carbonyl (C=O) groups is 1. The third-order valence-corrected chi connectivity index (χ3v) is 4.88. The van der Waals surface area contributed by atoms with E-state index in [0.717, 1.165) is 23.5 Å². The zero-order valence-electron chi connectivity index (χ0n) is 18.1. The van der Waals surface area contributed by atoms with Crippen molar-refractivity contribution >= 4 is 17.6 Å². The van der Waals surface area contributed by atoms with Gasteiger partial charge in [0.25, 0.3) is 5.91 Å². The first-order valence-corrected chi connectivity index (χ1v) is 9.96. The number of aryl methyl sites for hydroxylation is 2. The van der Waals surface area contributed by atoms with E-state index in [0.29, 0.717) is 18.0 Å². The molecule has 0 saturated carbocycles. The minimum atomic E-state index is -0.481. The first kappa shape index (κ1) is 22.0. The fourth-order valence-electron chi connectivity index (χ4n) is 3.19. The molecule has 0 aliphatic heterocycles.